The molecular formula is C20H24N3OS+. The molecule has 4 rings (SSSR count). The molecule has 0 bridgehead atoms. The van der Waals surface area contributed by atoms with Crippen LogP contribution in [0, 0.1) is 0 Å². The van der Waals surface area contributed by atoms with Crippen LogP contribution in [0.3, 0.4) is 0 Å². The zero-order valence-corrected chi connectivity index (χ0v) is 15.3. The van der Waals surface area contributed by atoms with Crippen LogP contribution in [0.4, 0.5) is 0 Å². The number of aromatic amines is 1. The summed E-state index contributed by atoms with van der Waals surface area (Å²) in [5, 5.41) is 6.52. The summed E-state index contributed by atoms with van der Waals surface area (Å²) in [5.41, 5.74) is 3.84. The minimum Gasteiger partial charge on any atom is -0.361 e. The van der Waals surface area contributed by atoms with Crippen LogP contribution in [0.5, 0.6) is 0 Å². The second kappa shape index (κ2) is 7.02. The lowest BCUT2D eigenvalue weighted by atomic mass is 10.0. The van der Waals surface area contributed by atoms with Gasteiger partial charge in [0.1, 0.15) is 6.04 Å². The van der Waals surface area contributed by atoms with Crippen LogP contribution in [-0.2, 0) is 17.6 Å². The predicted molar refractivity (Wildman–Crippen MR) is 102 cm³/mol. The first-order chi connectivity index (χ1) is 12.2. The minimum atomic E-state index is 0.153. The number of carbonyl (C=O) groups is 1. The average Bonchev–Trinajstić information content (AvgIpc) is 3.25. The first kappa shape index (κ1) is 16.4. The number of nitrogens with one attached hydrogen (secondary N) is 3. The number of quaternary nitrogens is 1. The molecule has 4 nitrogen and oxygen atoms in total. The first-order valence-electron chi connectivity index (χ1n) is 8.95. The molecule has 1 aromatic carbocycles. The zero-order chi connectivity index (χ0) is 17.2. The molecule has 3 aromatic rings. The van der Waals surface area contributed by atoms with Crippen LogP contribution in [-0.4, -0.2) is 30.5 Å². The maximum atomic E-state index is 12.4. The third kappa shape index (κ3) is 3.34. The lowest BCUT2D eigenvalue weighted by molar-refractivity contribution is -0.924. The van der Waals surface area contributed by atoms with Crippen molar-refractivity contribution in [3.05, 3.63) is 57.9 Å². The van der Waals surface area contributed by atoms with Crippen molar-refractivity contribution in [1.82, 2.24) is 10.3 Å². The number of thiophene rings is 1. The summed E-state index contributed by atoms with van der Waals surface area (Å²) in [6, 6.07) is 10.9. The van der Waals surface area contributed by atoms with E-state index in [1.165, 1.54) is 26.3 Å². The monoisotopic (exact) mass is 354 g/mol. The molecule has 0 saturated carbocycles. The van der Waals surface area contributed by atoms with E-state index in [4.69, 9.17) is 0 Å². The van der Waals surface area contributed by atoms with Gasteiger partial charge in [0.2, 0.25) is 0 Å². The number of fused-ring (bicyclic) bond motifs is 2. The van der Waals surface area contributed by atoms with Crippen molar-refractivity contribution in [2.24, 2.45) is 0 Å². The molecule has 25 heavy (non-hydrogen) atoms. The highest BCUT2D eigenvalue weighted by Gasteiger charge is 2.29. The number of para-hydroxylation sites is 1. The van der Waals surface area contributed by atoms with Gasteiger partial charge in [0.25, 0.3) is 5.91 Å². The number of H-pyrrole nitrogens is 1. The number of hydrogen-bond acceptors (Lipinski definition) is 2. The quantitative estimate of drug-likeness (QED) is 0.646. The molecule has 0 saturated heterocycles. The summed E-state index contributed by atoms with van der Waals surface area (Å²) >= 11 is 1.85. The molecule has 1 unspecified atom stereocenters. The van der Waals surface area contributed by atoms with Gasteiger partial charge in [0.15, 0.2) is 6.54 Å². The van der Waals surface area contributed by atoms with Gasteiger partial charge in [-0.3, -0.25) is 4.79 Å². The van der Waals surface area contributed by atoms with Crippen LogP contribution in [0.15, 0.2) is 41.9 Å². The van der Waals surface area contributed by atoms with Crippen molar-refractivity contribution in [2.75, 3.05) is 19.6 Å². The van der Waals surface area contributed by atoms with E-state index in [1.54, 1.807) is 0 Å². The van der Waals surface area contributed by atoms with Gasteiger partial charge in [0.05, 0.1) is 6.54 Å². The summed E-state index contributed by atoms with van der Waals surface area (Å²) in [6.45, 7) is 4.53. The molecule has 130 valence electrons. The molecule has 1 aliphatic heterocycles. The normalized spacial score (nSPS) is 19.7. The molecular weight excluding hydrogens is 330 g/mol. The Hall–Kier alpha value is -2.11. The lowest BCUT2D eigenvalue weighted by Crippen LogP contribution is -3.14. The molecule has 1 amide bonds. The molecule has 0 fully saturated rings. The molecule has 2 aromatic heterocycles. The number of carbonyl (C=O) groups excluding carboxylic acids is 1. The average molecular weight is 354 g/mol. The third-order valence-corrected chi connectivity index (χ3v) is 6.31. The summed E-state index contributed by atoms with van der Waals surface area (Å²) in [5.74, 6) is 0.153. The van der Waals surface area contributed by atoms with E-state index in [-0.39, 0.29) is 5.91 Å². The maximum Gasteiger partial charge on any atom is 0.275 e. The van der Waals surface area contributed by atoms with Crippen molar-refractivity contribution >= 4 is 28.1 Å². The van der Waals surface area contributed by atoms with Crippen LogP contribution in [0.25, 0.3) is 10.9 Å². The largest absolute Gasteiger partial charge is 0.361 e. The molecule has 1 aliphatic rings. The number of aromatic nitrogens is 1. The van der Waals surface area contributed by atoms with Gasteiger partial charge in [-0.1, -0.05) is 18.2 Å². The van der Waals surface area contributed by atoms with E-state index in [0.29, 0.717) is 19.1 Å². The summed E-state index contributed by atoms with van der Waals surface area (Å²) in [6.07, 6.45) is 4.00. The van der Waals surface area contributed by atoms with Gasteiger partial charge < -0.3 is 15.2 Å². The Bertz CT molecular complexity index is 882. The van der Waals surface area contributed by atoms with Crippen LogP contribution in [0.2, 0.25) is 0 Å². The van der Waals surface area contributed by atoms with Crippen molar-refractivity contribution < 1.29 is 9.69 Å². The van der Waals surface area contributed by atoms with Gasteiger partial charge >= 0.3 is 0 Å². The summed E-state index contributed by atoms with van der Waals surface area (Å²) in [4.78, 5) is 18.5. The Kier molecular flexibility index (Phi) is 4.59. The highest BCUT2D eigenvalue weighted by atomic mass is 32.1. The maximum absolute atomic E-state index is 12.4. The number of rotatable bonds is 5. The molecule has 0 aliphatic carbocycles. The molecule has 3 heterocycles. The fourth-order valence-electron chi connectivity index (χ4n) is 3.84. The fraction of sp³-hybridized carbons (Fsp3) is 0.350. The SMILES string of the molecule is C[C@H]1c2ccsc2CC[NH+]1CC(=O)NCCc1c[nH]c2ccccc12. The van der Waals surface area contributed by atoms with Crippen molar-refractivity contribution in [1.29, 1.82) is 0 Å². The fourth-order valence-corrected chi connectivity index (χ4v) is 4.82. The van der Waals surface area contributed by atoms with Crippen LogP contribution < -0.4 is 10.2 Å². The molecule has 0 spiro atoms. The molecule has 3 N–H and O–H groups in total. The van der Waals surface area contributed by atoms with Crippen LogP contribution >= 0.6 is 11.3 Å². The van der Waals surface area contributed by atoms with E-state index in [2.05, 4.69) is 46.9 Å². The zero-order valence-electron chi connectivity index (χ0n) is 14.5. The van der Waals surface area contributed by atoms with Crippen molar-refractivity contribution in [3.63, 3.8) is 0 Å². The summed E-state index contributed by atoms with van der Waals surface area (Å²) < 4.78 is 0. The number of benzene rings is 1. The highest BCUT2D eigenvalue weighted by molar-refractivity contribution is 7.10. The minimum absolute atomic E-state index is 0.153. The smallest absolute Gasteiger partial charge is 0.275 e. The topological polar surface area (TPSA) is 49.3 Å². The Morgan fingerprint density at radius 2 is 2.24 bits per heavy atom. The van der Waals surface area contributed by atoms with E-state index in [9.17, 15) is 4.79 Å². The van der Waals surface area contributed by atoms with E-state index in [1.807, 2.05) is 23.6 Å². The summed E-state index contributed by atoms with van der Waals surface area (Å²) in [7, 11) is 0. The lowest BCUT2D eigenvalue weighted by Gasteiger charge is -2.29. The Balaban J connectivity index is 1.30. The predicted octanol–water partition coefficient (Wildman–Crippen LogP) is 2.09. The third-order valence-electron chi connectivity index (χ3n) is 5.31. The number of hydrogen-bond donors (Lipinski definition) is 3. The van der Waals surface area contributed by atoms with Gasteiger partial charge in [-0.25, -0.2) is 0 Å². The van der Waals surface area contributed by atoms with Crippen molar-refractivity contribution in [3.8, 4) is 0 Å². The number of amides is 1. The van der Waals surface area contributed by atoms with E-state index < -0.39 is 0 Å². The Morgan fingerprint density at radius 3 is 3.16 bits per heavy atom. The highest BCUT2D eigenvalue weighted by Crippen LogP contribution is 2.24. The molecule has 2 atom stereocenters. The first-order valence-corrected chi connectivity index (χ1v) is 9.83. The van der Waals surface area contributed by atoms with Crippen molar-refractivity contribution in [2.45, 2.75) is 25.8 Å². The second-order valence-corrected chi connectivity index (χ2v) is 7.82. The van der Waals surface area contributed by atoms with E-state index >= 15 is 0 Å². The Morgan fingerprint density at radius 1 is 1.36 bits per heavy atom. The van der Waals surface area contributed by atoms with Gasteiger partial charge in [0, 0.05) is 40.5 Å². The van der Waals surface area contributed by atoms with Gasteiger partial charge in [-0.15, -0.1) is 11.3 Å². The van der Waals surface area contributed by atoms with Crippen LogP contribution in [0.1, 0.15) is 29.0 Å². The molecule has 5 heteroatoms. The molecule has 0 radical (unpaired) electrons. The standard InChI is InChI=1S/C20H23N3OS/c1-14-16-8-11-25-19(16)7-10-23(14)13-20(24)21-9-6-15-12-22-18-5-3-2-4-17(15)18/h2-5,8,11-12,14,22H,6-7,9-10,13H2,1H3,(H,21,24)/p+1/t14-/m0/s1. The van der Waals surface area contributed by atoms with E-state index in [0.717, 1.165) is 24.9 Å². The van der Waals surface area contributed by atoms with Gasteiger partial charge in [-0.05, 0) is 36.4 Å². The second-order valence-electron chi connectivity index (χ2n) is 6.82. The Labute approximate surface area is 151 Å². The van der Waals surface area contributed by atoms with Gasteiger partial charge in [-0.2, -0.15) is 0 Å².